The number of hydrogen-bond acceptors (Lipinski definition) is 5. The monoisotopic (exact) mass is 300 g/mol. The Labute approximate surface area is 132 Å². The first kappa shape index (κ1) is 16.4. The molecule has 0 aliphatic heterocycles. The topological polar surface area (TPSA) is 61.3 Å². The number of nitrogens with zero attached hydrogens (tertiary/aromatic N) is 3. The van der Waals surface area contributed by atoms with E-state index < -0.39 is 0 Å². The van der Waals surface area contributed by atoms with Gasteiger partial charge in [-0.05, 0) is 25.1 Å². The first-order valence-electron chi connectivity index (χ1n) is 7.71. The fraction of sp³-hybridized carbons (Fsp3) is 0.412. The maximum Gasteiger partial charge on any atom is 0.151 e. The molecule has 1 aromatic heterocycles. The van der Waals surface area contributed by atoms with Crippen molar-refractivity contribution in [3.8, 4) is 11.3 Å². The Morgan fingerprint density at radius 3 is 2.55 bits per heavy atom. The van der Waals surface area contributed by atoms with Gasteiger partial charge in [-0.25, -0.2) is 0 Å². The fourth-order valence-electron chi connectivity index (χ4n) is 2.31. The number of anilines is 1. The van der Waals surface area contributed by atoms with E-state index in [1.165, 1.54) is 0 Å². The number of aliphatic hydroxyl groups is 1. The van der Waals surface area contributed by atoms with E-state index in [9.17, 15) is 0 Å². The molecule has 0 spiro atoms. The molecule has 0 atom stereocenters. The molecule has 0 aliphatic rings. The molecule has 1 heterocycles. The number of rotatable bonds is 8. The fourth-order valence-corrected chi connectivity index (χ4v) is 2.31. The quantitative estimate of drug-likeness (QED) is 0.782. The van der Waals surface area contributed by atoms with Crippen molar-refractivity contribution >= 4 is 5.82 Å². The molecule has 0 saturated heterocycles. The van der Waals surface area contributed by atoms with Crippen LogP contribution in [0.3, 0.4) is 0 Å². The van der Waals surface area contributed by atoms with Crippen LogP contribution in [0.4, 0.5) is 5.82 Å². The van der Waals surface area contributed by atoms with Crippen molar-refractivity contribution in [3.05, 3.63) is 42.0 Å². The van der Waals surface area contributed by atoms with Crippen LogP contribution in [0.5, 0.6) is 0 Å². The number of aryl methyl sites for hydroxylation is 1. The van der Waals surface area contributed by atoms with E-state index in [2.05, 4.69) is 33.4 Å². The Morgan fingerprint density at radius 2 is 1.91 bits per heavy atom. The molecule has 5 nitrogen and oxygen atoms in total. The lowest BCUT2D eigenvalue weighted by molar-refractivity contribution is 0.206. The number of hydrogen-bond donors (Lipinski definition) is 2. The lowest BCUT2D eigenvalue weighted by Crippen LogP contribution is -2.31. The van der Waals surface area contributed by atoms with E-state index in [0.29, 0.717) is 6.54 Å². The van der Waals surface area contributed by atoms with Gasteiger partial charge in [0, 0.05) is 25.2 Å². The zero-order chi connectivity index (χ0) is 15.8. The minimum Gasteiger partial charge on any atom is -0.395 e. The second-order valence-electron chi connectivity index (χ2n) is 5.21. The predicted octanol–water partition coefficient (Wildman–Crippen LogP) is 2.18. The number of benzene rings is 1. The third-order valence-electron chi connectivity index (χ3n) is 3.64. The summed E-state index contributed by atoms with van der Waals surface area (Å²) in [7, 11) is 0. The number of aliphatic hydroxyl groups excluding tert-OH is 1. The van der Waals surface area contributed by atoms with Crippen LogP contribution in [0.25, 0.3) is 11.3 Å². The Balaban J connectivity index is 1.96. The summed E-state index contributed by atoms with van der Waals surface area (Å²) in [6.07, 6.45) is 0. The second kappa shape index (κ2) is 8.46. The molecule has 0 unspecified atom stereocenters. The third-order valence-corrected chi connectivity index (χ3v) is 3.64. The standard InChI is InChI=1S/C17H24N4O/c1-3-21(11-12-22)10-9-18-17-14(2)13-16(19-20-17)15-7-5-4-6-8-15/h4-8,13,22H,3,9-12H2,1-2H3,(H,18,20). The van der Waals surface area contributed by atoms with Crippen molar-refractivity contribution in [2.24, 2.45) is 0 Å². The van der Waals surface area contributed by atoms with Crippen molar-refractivity contribution in [2.75, 3.05) is 38.1 Å². The molecule has 2 N–H and O–H groups in total. The summed E-state index contributed by atoms with van der Waals surface area (Å²) in [4.78, 5) is 2.19. The first-order chi connectivity index (χ1) is 10.7. The summed E-state index contributed by atoms with van der Waals surface area (Å²) in [6.45, 7) is 7.62. The second-order valence-corrected chi connectivity index (χ2v) is 5.21. The highest BCUT2D eigenvalue weighted by Gasteiger charge is 2.06. The molecule has 5 heteroatoms. The summed E-state index contributed by atoms with van der Waals surface area (Å²) in [6, 6.07) is 12.1. The zero-order valence-corrected chi connectivity index (χ0v) is 13.3. The lowest BCUT2D eigenvalue weighted by atomic mass is 10.1. The van der Waals surface area contributed by atoms with Crippen LogP contribution in [0.2, 0.25) is 0 Å². The number of nitrogens with one attached hydrogen (secondary N) is 1. The van der Waals surface area contributed by atoms with Crippen molar-refractivity contribution < 1.29 is 5.11 Å². The van der Waals surface area contributed by atoms with Crippen molar-refractivity contribution in [2.45, 2.75) is 13.8 Å². The van der Waals surface area contributed by atoms with E-state index in [0.717, 1.165) is 42.3 Å². The Kier molecular flexibility index (Phi) is 6.30. The molecule has 0 aliphatic carbocycles. The van der Waals surface area contributed by atoms with E-state index in [4.69, 9.17) is 5.11 Å². The normalized spacial score (nSPS) is 10.9. The van der Waals surface area contributed by atoms with Gasteiger partial charge in [0.05, 0.1) is 12.3 Å². The molecule has 0 radical (unpaired) electrons. The van der Waals surface area contributed by atoms with Gasteiger partial charge in [-0.15, -0.1) is 10.2 Å². The van der Waals surface area contributed by atoms with Crippen LogP contribution >= 0.6 is 0 Å². The maximum atomic E-state index is 8.98. The smallest absolute Gasteiger partial charge is 0.151 e. The van der Waals surface area contributed by atoms with Crippen molar-refractivity contribution in [1.29, 1.82) is 0 Å². The van der Waals surface area contributed by atoms with Crippen LogP contribution in [-0.4, -0.2) is 53.0 Å². The summed E-state index contributed by atoms with van der Waals surface area (Å²) >= 11 is 0. The van der Waals surface area contributed by atoms with Crippen molar-refractivity contribution in [3.63, 3.8) is 0 Å². The van der Waals surface area contributed by atoms with E-state index in [1.54, 1.807) is 0 Å². The van der Waals surface area contributed by atoms with Crippen molar-refractivity contribution in [1.82, 2.24) is 15.1 Å². The Morgan fingerprint density at radius 1 is 1.14 bits per heavy atom. The Hall–Kier alpha value is -1.98. The SMILES string of the molecule is CCN(CCO)CCNc1nnc(-c2ccccc2)cc1C. The van der Waals surface area contributed by atoms with Gasteiger partial charge in [-0.2, -0.15) is 0 Å². The van der Waals surface area contributed by atoms with Gasteiger partial charge in [0.2, 0.25) is 0 Å². The van der Waals surface area contributed by atoms with Crippen LogP contribution < -0.4 is 5.32 Å². The van der Waals surface area contributed by atoms with E-state index in [1.807, 2.05) is 37.3 Å². The van der Waals surface area contributed by atoms with E-state index in [-0.39, 0.29) is 6.61 Å². The molecule has 0 saturated carbocycles. The average molecular weight is 300 g/mol. The summed E-state index contributed by atoms with van der Waals surface area (Å²) < 4.78 is 0. The van der Waals surface area contributed by atoms with Crippen LogP contribution in [0.1, 0.15) is 12.5 Å². The predicted molar refractivity (Wildman–Crippen MR) is 89.9 cm³/mol. The largest absolute Gasteiger partial charge is 0.395 e. The molecular weight excluding hydrogens is 276 g/mol. The average Bonchev–Trinajstić information content (AvgIpc) is 2.56. The summed E-state index contributed by atoms with van der Waals surface area (Å²) in [5, 5.41) is 20.9. The minimum atomic E-state index is 0.193. The molecule has 0 bridgehead atoms. The molecule has 2 aromatic rings. The summed E-state index contributed by atoms with van der Waals surface area (Å²) in [5.41, 5.74) is 3.04. The molecule has 0 fully saturated rings. The lowest BCUT2D eigenvalue weighted by Gasteiger charge is -2.19. The summed E-state index contributed by atoms with van der Waals surface area (Å²) in [5.74, 6) is 0.819. The highest BCUT2D eigenvalue weighted by molar-refractivity contribution is 5.61. The van der Waals surface area contributed by atoms with Gasteiger partial charge in [-0.3, -0.25) is 4.90 Å². The van der Waals surface area contributed by atoms with Crippen LogP contribution in [0, 0.1) is 6.92 Å². The van der Waals surface area contributed by atoms with Gasteiger partial charge >= 0.3 is 0 Å². The zero-order valence-electron chi connectivity index (χ0n) is 13.3. The van der Waals surface area contributed by atoms with Gasteiger partial charge in [0.1, 0.15) is 0 Å². The molecule has 2 rings (SSSR count). The molecule has 1 aromatic carbocycles. The maximum absolute atomic E-state index is 8.98. The van der Waals surface area contributed by atoms with Gasteiger partial charge in [-0.1, -0.05) is 37.3 Å². The Bertz CT molecular complexity index is 574. The number of aromatic nitrogens is 2. The molecular formula is C17H24N4O. The van der Waals surface area contributed by atoms with Crippen LogP contribution in [0.15, 0.2) is 36.4 Å². The van der Waals surface area contributed by atoms with Gasteiger partial charge in [0.15, 0.2) is 5.82 Å². The third kappa shape index (κ3) is 4.51. The highest BCUT2D eigenvalue weighted by atomic mass is 16.3. The minimum absolute atomic E-state index is 0.193. The molecule has 0 amide bonds. The number of likely N-dealkylation sites (N-methyl/N-ethyl adjacent to an activating group) is 1. The van der Waals surface area contributed by atoms with Crippen LogP contribution in [-0.2, 0) is 0 Å². The highest BCUT2D eigenvalue weighted by Crippen LogP contribution is 2.19. The molecule has 118 valence electrons. The van der Waals surface area contributed by atoms with Gasteiger partial charge in [0.25, 0.3) is 0 Å². The molecule has 22 heavy (non-hydrogen) atoms. The first-order valence-corrected chi connectivity index (χ1v) is 7.71. The van der Waals surface area contributed by atoms with E-state index >= 15 is 0 Å². The van der Waals surface area contributed by atoms with Gasteiger partial charge < -0.3 is 10.4 Å².